The molecule has 8 aromatic carbocycles. The molecule has 6 heteroatoms. The Morgan fingerprint density at radius 1 is 0.351 bits per heavy atom. The number of furan rings is 1. The fraction of sp³-hybridized carbons (Fsp3) is 0. The summed E-state index contributed by atoms with van der Waals surface area (Å²) in [6.07, 6.45) is 0. The van der Waals surface area contributed by atoms with Crippen LogP contribution in [0, 0.1) is 0 Å². The number of nitrogens with zero attached hydrogens (tertiary/aromatic N) is 4. The highest BCUT2D eigenvalue weighted by Crippen LogP contribution is 2.41. The van der Waals surface area contributed by atoms with Gasteiger partial charge in [-0.05, 0) is 77.9 Å². The lowest BCUT2D eigenvalue weighted by molar-refractivity contribution is 0.669. The van der Waals surface area contributed by atoms with Crippen LogP contribution in [-0.4, -0.2) is 19.5 Å². The van der Waals surface area contributed by atoms with Crippen molar-refractivity contribution in [3.8, 4) is 51.0 Å². The number of rotatable bonds is 5. The Balaban J connectivity index is 0.921. The first-order valence-corrected chi connectivity index (χ1v) is 19.8. The highest BCUT2D eigenvalue weighted by atomic mass is 32.1. The van der Waals surface area contributed by atoms with Gasteiger partial charge in [0.15, 0.2) is 17.5 Å². The zero-order chi connectivity index (χ0) is 37.5. The summed E-state index contributed by atoms with van der Waals surface area (Å²) in [6, 6.07) is 63.9. The second-order valence-electron chi connectivity index (χ2n) is 14.4. The minimum Gasteiger partial charge on any atom is -0.456 e. The summed E-state index contributed by atoms with van der Waals surface area (Å²) in [5.41, 5.74) is 10.3. The summed E-state index contributed by atoms with van der Waals surface area (Å²) in [4.78, 5) is 14.8. The SMILES string of the molecule is c1ccc(-c2nc(-c3ccccc3)nc(-c3ccc4oc5cc(-c6ccc7c(c6)sc6ccc(-n8c9ccccc9c9ccccc98)cc67)ccc5c4c3)n2)cc1. The van der Waals surface area contributed by atoms with E-state index >= 15 is 0 Å². The molecule has 0 radical (unpaired) electrons. The molecule has 0 aliphatic carbocycles. The Labute approximate surface area is 330 Å². The van der Waals surface area contributed by atoms with Gasteiger partial charge in [0.1, 0.15) is 11.2 Å². The predicted octanol–water partition coefficient (Wildman–Crippen LogP) is 13.9. The molecule has 4 heterocycles. The van der Waals surface area contributed by atoms with Crippen LogP contribution in [0.1, 0.15) is 0 Å². The topological polar surface area (TPSA) is 56.7 Å². The number of aromatic nitrogens is 4. The number of hydrogen-bond acceptors (Lipinski definition) is 5. The van der Waals surface area contributed by atoms with Crippen LogP contribution in [0.2, 0.25) is 0 Å². The van der Waals surface area contributed by atoms with Crippen LogP contribution < -0.4 is 0 Å². The van der Waals surface area contributed by atoms with Gasteiger partial charge in [-0.1, -0.05) is 115 Å². The highest BCUT2D eigenvalue weighted by Gasteiger charge is 2.17. The molecule has 5 nitrogen and oxygen atoms in total. The summed E-state index contributed by atoms with van der Waals surface area (Å²) in [5.74, 6) is 1.90. The molecule has 266 valence electrons. The van der Waals surface area contributed by atoms with Crippen molar-refractivity contribution < 1.29 is 4.42 Å². The van der Waals surface area contributed by atoms with Gasteiger partial charge in [-0.2, -0.15) is 0 Å². The Morgan fingerprint density at radius 3 is 1.61 bits per heavy atom. The molecule has 0 unspecified atom stereocenters. The van der Waals surface area contributed by atoms with Gasteiger partial charge in [-0.3, -0.25) is 0 Å². The van der Waals surface area contributed by atoms with Gasteiger partial charge in [0.25, 0.3) is 0 Å². The summed E-state index contributed by atoms with van der Waals surface area (Å²) >= 11 is 1.84. The van der Waals surface area contributed by atoms with E-state index in [-0.39, 0.29) is 0 Å². The van der Waals surface area contributed by atoms with E-state index in [4.69, 9.17) is 19.4 Å². The lowest BCUT2D eigenvalue weighted by atomic mass is 10.0. The number of benzene rings is 8. The van der Waals surface area contributed by atoms with Crippen LogP contribution in [0.4, 0.5) is 0 Å². The van der Waals surface area contributed by atoms with Crippen LogP contribution in [0.3, 0.4) is 0 Å². The van der Waals surface area contributed by atoms with Crippen molar-refractivity contribution >= 4 is 75.3 Å². The zero-order valence-electron chi connectivity index (χ0n) is 30.4. The second-order valence-corrected chi connectivity index (χ2v) is 15.5. The van der Waals surface area contributed by atoms with Crippen LogP contribution in [0.25, 0.3) is 115 Å². The molecule has 0 atom stereocenters. The summed E-state index contributed by atoms with van der Waals surface area (Å²) in [5, 5.41) is 7.16. The van der Waals surface area contributed by atoms with Crippen LogP contribution in [0.5, 0.6) is 0 Å². The third-order valence-corrected chi connectivity index (χ3v) is 12.2. The summed E-state index contributed by atoms with van der Waals surface area (Å²) in [6.45, 7) is 0. The van der Waals surface area contributed by atoms with Crippen molar-refractivity contribution in [2.75, 3.05) is 0 Å². The average Bonchev–Trinajstić information content (AvgIpc) is 3.95. The maximum atomic E-state index is 6.48. The minimum absolute atomic E-state index is 0.620. The van der Waals surface area contributed by atoms with E-state index in [1.54, 1.807) is 0 Å². The van der Waals surface area contributed by atoms with E-state index in [9.17, 15) is 0 Å². The largest absolute Gasteiger partial charge is 0.456 e. The lowest BCUT2D eigenvalue weighted by Crippen LogP contribution is -2.00. The smallest absolute Gasteiger partial charge is 0.164 e. The van der Waals surface area contributed by atoms with Gasteiger partial charge in [-0.25, -0.2) is 15.0 Å². The molecule has 0 saturated heterocycles. The first kappa shape index (κ1) is 31.9. The van der Waals surface area contributed by atoms with Crippen LogP contribution in [-0.2, 0) is 0 Å². The molecule has 0 spiro atoms. The predicted molar refractivity (Wildman–Crippen MR) is 236 cm³/mol. The van der Waals surface area contributed by atoms with Crippen molar-refractivity contribution in [2.45, 2.75) is 0 Å². The normalized spacial score (nSPS) is 11.9. The standard InChI is InChI=1S/C51H30N4OS/c1-3-11-31(12-4-1)49-52-50(32-13-5-2-6-14-32)54-51(53-49)35-21-25-45-41(27-35)39-23-19-33(28-46(39)56-45)34-20-24-40-42-30-36(22-26-47(42)57-48(40)29-34)55-43-17-9-7-15-37(43)38-16-8-10-18-44(38)55/h1-30H. The van der Waals surface area contributed by atoms with Crippen LogP contribution in [0.15, 0.2) is 186 Å². The first-order valence-electron chi connectivity index (χ1n) is 19.0. The second kappa shape index (κ2) is 12.6. The van der Waals surface area contributed by atoms with Crippen molar-refractivity contribution in [2.24, 2.45) is 0 Å². The molecule has 0 bridgehead atoms. The van der Waals surface area contributed by atoms with E-state index in [0.29, 0.717) is 17.5 Å². The highest BCUT2D eigenvalue weighted by molar-refractivity contribution is 7.25. The fourth-order valence-corrected chi connectivity index (χ4v) is 9.44. The Morgan fingerprint density at radius 2 is 0.930 bits per heavy atom. The average molecular weight is 747 g/mol. The maximum absolute atomic E-state index is 6.48. The fourth-order valence-electron chi connectivity index (χ4n) is 8.32. The molecular weight excluding hydrogens is 717 g/mol. The monoisotopic (exact) mass is 746 g/mol. The van der Waals surface area contributed by atoms with Gasteiger partial charge in [0, 0.05) is 64.1 Å². The third-order valence-electron chi connectivity index (χ3n) is 11.1. The maximum Gasteiger partial charge on any atom is 0.164 e. The van der Waals surface area contributed by atoms with Gasteiger partial charge >= 0.3 is 0 Å². The lowest BCUT2D eigenvalue weighted by Gasteiger charge is -2.08. The Kier molecular flexibility index (Phi) is 7.03. The van der Waals surface area contributed by atoms with E-state index in [1.165, 1.54) is 47.7 Å². The van der Waals surface area contributed by atoms with Gasteiger partial charge in [0.05, 0.1) is 11.0 Å². The van der Waals surface area contributed by atoms with E-state index in [1.807, 2.05) is 84.1 Å². The van der Waals surface area contributed by atoms with Crippen molar-refractivity contribution in [1.82, 2.24) is 19.5 Å². The van der Waals surface area contributed by atoms with E-state index in [0.717, 1.165) is 49.8 Å². The summed E-state index contributed by atoms with van der Waals surface area (Å²) in [7, 11) is 0. The molecule has 12 rings (SSSR count). The van der Waals surface area contributed by atoms with E-state index < -0.39 is 0 Å². The molecular formula is C51H30N4OS. The molecule has 57 heavy (non-hydrogen) atoms. The minimum atomic E-state index is 0.620. The molecule has 0 amide bonds. The molecule has 0 N–H and O–H groups in total. The van der Waals surface area contributed by atoms with Crippen molar-refractivity contribution in [3.63, 3.8) is 0 Å². The molecule has 4 aromatic heterocycles. The van der Waals surface area contributed by atoms with E-state index in [2.05, 4.69) is 114 Å². The molecule has 12 aromatic rings. The Bertz CT molecular complexity index is 3420. The molecule has 0 aliphatic rings. The molecule has 0 fully saturated rings. The summed E-state index contributed by atoms with van der Waals surface area (Å²) < 4.78 is 11.4. The van der Waals surface area contributed by atoms with Gasteiger partial charge < -0.3 is 8.98 Å². The van der Waals surface area contributed by atoms with Crippen LogP contribution >= 0.6 is 11.3 Å². The quantitative estimate of drug-likeness (QED) is 0.176. The molecule has 0 aliphatic heterocycles. The van der Waals surface area contributed by atoms with Gasteiger partial charge in [0.2, 0.25) is 0 Å². The number of thiophene rings is 1. The van der Waals surface area contributed by atoms with Crippen molar-refractivity contribution in [3.05, 3.63) is 182 Å². The first-order chi connectivity index (χ1) is 28.2. The Hall–Kier alpha value is -7.41. The van der Waals surface area contributed by atoms with Crippen molar-refractivity contribution in [1.29, 1.82) is 0 Å². The number of para-hydroxylation sites is 2. The number of fused-ring (bicyclic) bond motifs is 9. The molecule has 0 saturated carbocycles. The zero-order valence-corrected chi connectivity index (χ0v) is 31.2. The van der Waals surface area contributed by atoms with Gasteiger partial charge in [-0.15, -0.1) is 11.3 Å². The number of hydrogen-bond donors (Lipinski definition) is 0. The third kappa shape index (κ3) is 5.19.